The predicted molar refractivity (Wildman–Crippen MR) is 113 cm³/mol. The maximum atomic E-state index is 13.7. The molecule has 1 fully saturated rings. The standard InChI is InChI=1S/C23H23F2N3O5/c1-23(15-4-5-16(24)17(25)10-15)21(30)28(22(31)26-23)12-20(29)27-7-6-13-8-18(32-2)19(33-3)9-14(13)11-27/h4-5,8-10H,6-7,11-12H2,1-3H3,(H,26,31). The molecular formula is C23H23F2N3O5. The van der Waals surface area contributed by atoms with E-state index in [9.17, 15) is 23.2 Å². The number of nitrogens with one attached hydrogen (secondary N) is 1. The number of nitrogens with zero attached hydrogens (tertiary/aromatic N) is 2. The number of fused-ring (bicyclic) bond motifs is 1. The molecule has 1 unspecified atom stereocenters. The number of hydrogen-bond acceptors (Lipinski definition) is 5. The highest BCUT2D eigenvalue weighted by Gasteiger charge is 2.50. The van der Waals surface area contributed by atoms with Gasteiger partial charge in [-0.05, 0) is 54.3 Å². The molecule has 0 saturated carbocycles. The number of ether oxygens (including phenoxy) is 2. The number of halogens is 2. The number of amides is 4. The lowest BCUT2D eigenvalue weighted by Crippen LogP contribution is -2.45. The van der Waals surface area contributed by atoms with Crippen LogP contribution >= 0.6 is 0 Å². The molecule has 2 aliphatic rings. The molecule has 0 aromatic heterocycles. The lowest BCUT2D eigenvalue weighted by Gasteiger charge is -2.30. The van der Waals surface area contributed by atoms with Crippen LogP contribution in [0.1, 0.15) is 23.6 Å². The molecule has 4 rings (SSSR count). The van der Waals surface area contributed by atoms with Gasteiger partial charge in [-0.1, -0.05) is 6.07 Å². The van der Waals surface area contributed by atoms with Gasteiger partial charge in [0.05, 0.1) is 14.2 Å². The van der Waals surface area contributed by atoms with Crippen molar-refractivity contribution < 1.29 is 32.6 Å². The molecule has 1 atom stereocenters. The molecule has 1 saturated heterocycles. The summed E-state index contributed by atoms with van der Waals surface area (Å²) in [5, 5.41) is 2.49. The average molecular weight is 459 g/mol. The first kappa shape index (κ1) is 22.5. The van der Waals surface area contributed by atoms with E-state index in [1.807, 2.05) is 12.1 Å². The highest BCUT2D eigenvalue weighted by molar-refractivity contribution is 6.09. The first-order chi connectivity index (χ1) is 15.7. The van der Waals surface area contributed by atoms with Crippen LogP contribution in [0.4, 0.5) is 13.6 Å². The number of urea groups is 1. The molecule has 2 aromatic carbocycles. The van der Waals surface area contributed by atoms with Crippen molar-refractivity contribution in [2.24, 2.45) is 0 Å². The first-order valence-electron chi connectivity index (χ1n) is 10.3. The van der Waals surface area contributed by atoms with Crippen LogP contribution in [-0.2, 0) is 28.1 Å². The van der Waals surface area contributed by atoms with Crippen molar-refractivity contribution in [2.45, 2.75) is 25.4 Å². The summed E-state index contributed by atoms with van der Waals surface area (Å²) < 4.78 is 37.7. The van der Waals surface area contributed by atoms with Crippen molar-refractivity contribution in [1.82, 2.24) is 15.1 Å². The lowest BCUT2D eigenvalue weighted by atomic mass is 9.92. The Kier molecular flexibility index (Phi) is 5.69. The molecule has 2 heterocycles. The largest absolute Gasteiger partial charge is 0.493 e. The quantitative estimate of drug-likeness (QED) is 0.694. The van der Waals surface area contributed by atoms with Crippen molar-refractivity contribution in [3.05, 3.63) is 58.7 Å². The zero-order chi connectivity index (χ0) is 23.9. The van der Waals surface area contributed by atoms with Crippen LogP contribution in [0, 0.1) is 11.6 Å². The molecule has 10 heteroatoms. The van der Waals surface area contributed by atoms with Crippen LogP contribution in [0.25, 0.3) is 0 Å². The van der Waals surface area contributed by atoms with Gasteiger partial charge in [0.15, 0.2) is 23.1 Å². The molecule has 4 amide bonds. The van der Waals surface area contributed by atoms with Crippen molar-refractivity contribution in [2.75, 3.05) is 27.3 Å². The van der Waals surface area contributed by atoms with Gasteiger partial charge < -0.3 is 19.7 Å². The molecule has 0 radical (unpaired) electrons. The Morgan fingerprint density at radius 1 is 1.06 bits per heavy atom. The number of methoxy groups -OCH3 is 2. The zero-order valence-electron chi connectivity index (χ0n) is 18.4. The molecule has 0 spiro atoms. The molecule has 8 nitrogen and oxygen atoms in total. The Morgan fingerprint density at radius 3 is 2.36 bits per heavy atom. The maximum Gasteiger partial charge on any atom is 0.325 e. The Hall–Kier alpha value is -3.69. The van der Waals surface area contributed by atoms with Crippen LogP contribution in [-0.4, -0.2) is 55.0 Å². The van der Waals surface area contributed by atoms with E-state index < -0.39 is 41.6 Å². The van der Waals surface area contributed by atoms with E-state index in [1.54, 1.807) is 12.0 Å². The van der Waals surface area contributed by atoms with Gasteiger partial charge in [-0.3, -0.25) is 14.5 Å². The SMILES string of the molecule is COc1cc2c(cc1OC)CN(C(=O)CN1C(=O)NC(C)(c3ccc(F)c(F)c3)C1=O)CC2. The monoisotopic (exact) mass is 459 g/mol. The second-order valence-electron chi connectivity index (χ2n) is 8.12. The minimum atomic E-state index is -1.61. The third-order valence-corrected chi connectivity index (χ3v) is 6.14. The maximum absolute atomic E-state index is 13.7. The van der Waals surface area contributed by atoms with Crippen LogP contribution in [0.15, 0.2) is 30.3 Å². The smallest absolute Gasteiger partial charge is 0.325 e. The summed E-state index contributed by atoms with van der Waals surface area (Å²) in [5.74, 6) is -2.17. The molecule has 174 valence electrons. The van der Waals surface area contributed by atoms with Gasteiger partial charge in [0, 0.05) is 13.1 Å². The predicted octanol–water partition coefficient (Wildman–Crippen LogP) is 2.33. The summed E-state index contributed by atoms with van der Waals surface area (Å²) in [4.78, 5) is 40.9. The second kappa shape index (κ2) is 8.34. The third-order valence-electron chi connectivity index (χ3n) is 6.14. The van der Waals surface area contributed by atoms with E-state index >= 15 is 0 Å². The summed E-state index contributed by atoms with van der Waals surface area (Å²) >= 11 is 0. The van der Waals surface area contributed by atoms with E-state index in [1.165, 1.54) is 20.1 Å². The number of rotatable bonds is 5. The average Bonchev–Trinajstić information content (AvgIpc) is 3.03. The summed E-state index contributed by atoms with van der Waals surface area (Å²) in [6.45, 7) is 1.62. The van der Waals surface area contributed by atoms with Gasteiger partial charge in [0.1, 0.15) is 12.1 Å². The van der Waals surface area contributed by atoms with E-state index in [0.29, 0.717) is 31.0 Å². The summed E-state index contributed by atoms with van der Waals surface area (Å²) in [5.41, 5.74) is 0.390. The molecule has 33 heavy (non-hydrogen) atoms. The second-order valence-corrected chi connectivity index (χ2v) is 8.12. The van der Waals surface area contributed by atoms with Crippen LogP contribution < -0.4 is 14.8 Å². The van der Waals surface area contributed by atoms with E-state index in [0.717, 1.165) is 28.2 Å². The zero-order valence-corrected chi connectivity index (χ0v) is 18.4. The van der Waals surface area contributed by atoms with Gasteiger partial charge in [0.25, 0.3) is 5.91 Å². The fourth-order valence-electron chi connectivity index (χ4n) is 4.17. The Bertz CT molecular complexity index is 1160. The molecule has 2 aromatic rings. The topological polar surface area (TPSA) is 88.2 Å². The fourth-order valence-corrected chi connectivity index (χ4v) is 4.17. The Morgan fingerprint density at radius 2 is 1.73 bits per heavy atom. The molecule has 0 bridgehead atoms. The summed E-state index contributed by atoms with van der Waals surface area (Å²) in [6.07, 6.45) is 0.578. The number of imide groups is 1. The molecule has 2 aliphatic heterocycles. The van der Waals surface area contributed by atoms with Crippen LogP contribution in [0.5, 0.6) is 11.5 Å². The van der Waals surface area contributed by atoms with Crippen molar-refractivity contribution in [3.8, 4) is 11.5 Å². The molecular weight excluding hydrogens is 436 g/mol. The Balaban J connectivity index is 1.50. The van der Waals surface area contributed by atoms with Crippen LogP contribution in [0.3, 0.4) is 0 Å². The normalized spacial score (nSPS) is 19.9. The lowest BCUT2D eigenvalue weighted by molar-refractivity contribution is -0.139. The Labute approximate surface area is 189 Å². The summed E-state index contributed by atoms with van der Waals surface area (Å²) in [6, 6.07) is 5.89. The third kappa shape index (κ3) is 3.85. The number of benzene rings is 2. The van der Waals surface area contributed by atoms with E-state index in [-0.39, 0.29) is 5.56 Å². The van der Waals surface area contributed by atoms with Gasteiger partial charge in [-0.25, -0.2) is 13.6 Å². The number of carbonyl (C=O) groups excluding carboxylic acids is 3. The first-order valence-corrected chi connectivity index (χ1v) is 10.3. The van der Waals surface area contributed by atoms with Gasteiger partial charge >= 0.3 is 6.03 Å². The van der Waals surface area contributed by atoms with E-state index in [4.69, 9.17) is 9.47 Å². The minimum absolute atomic E-state index is 0.0858. The molecule has 0 aliphatic carbocycles. The van der Waals surface area contributed by atoms with E-state index in [2.05, 4.69) is 5.32 Å². The van der Waals surface area contributed by atoms with Crippen molar-refractivity contribution >= 4 is 17.8 Å². The number of hydrogen-bond donors (Lipinski definition) is 1. The number of carbonyl (C=O) groups is 3. The van der Waals surface area contributed by atoms with Gasteiger partial charge in [-0.2, -0.15) is 0 Å². The van der Waals surface area contributed by atoms with Crippen molar-refractivity contribution in [1.29, 1.82) is 0 Å². The minimum Gasteiger partial charge on any atom is -0.493 e. The fraction of sp³-hybridized carbons (Fsp3) is 0.348. The highest BCUT2D eigenvalue weighted by atomic mass is 19.2. The molecule has 1 N–H and O–H groups in total. The van der Waals surface area contributed by atoms with Gasteiger partial charge in [-0.15, -0.1) is 0 Å². The van der Waals surface area contributed by atoms with Gasteiger partial charge in [0.2, 0.25) is 5.91 Å². The van der Waals surface area contributed by atoms with Crippen LogP contribution in [0.2, 0.25) is 0 Å². The summed E-state index contributed by atoms with van der Waals surface area (Å²) in [7, 11) is 3.08. The van der Waals surface area contributed by atoms with Crippen molar-refractivity contribution in [3.63, 3.8) is 0 Å². The highest BCUT2D eigenvalue weighted by Crippen LogP contribution is 2.34.